The van der Waals surface area contributed by atoms with Crippen molar-refractivity contribution in [2.24, 2.45) is 0 Å². The summed E-state index contributed by atoms with van der Waals surface area (Å²) in [6.45, 7) is 0. The summed E-state index contributed by atoms with van der Waals surface area (Å²) in [4.78, 5) is 14.3. The normalized spacial score (nSPS) is 10.2. The molecule has 0 N–H and O–H groups in total. The van der Waals surface area contributed by atoms with Gasteiger partial charge in [0.1, 0.15) is 5.75 Å². The number of hydrogen-bond acceptors (Lipinski definition) is 5. The number of ether oxygens (including phenoxy) is 1. The molecule has 0 radical (unpaired) electrons. The maximum absolute atomic E-state index is 5.89. The molecular formula is C12H13ClN4O. The number of halogens is 1. The second kappa shape index (κ2) is 5.18. The molecule has 0 aliphatic rings. The van der Waals surface area contributed by atoms with Crippen LogP contribution < -0.4 is 9.64 Å². The van der Waals surface area contributed by atoms with Crippen LogP contribution in [0.5, 0.6) is 5.75 Å². The van der Waals surface area contributed by atoms with Gasteiger partial charge in [0.15, 0.2) is 5.82 Å². The van der Waals surface area contributed by atoms with Gasteiger partial charge in [-0.2, -0.15) is 15.0 Å². The van der Waals surface area contributed by atoms with E-state index in [1.54, 1.807) is 12.0 Å². The molecule has 5 nitrogen and oxygen atoms in total. The largest absolute Gasteiger partial charge is 0.497 e. The molecule has 2 rings (SSSR count). The molecule has 1 heterocycles. The Morgan fingerprint density at radius 3 is 2.28 bits per heavy atom. The smallest absolute Gasteiger partial charge is 0.229 e. The highest BCUT2D eigenvalue weighted by atomic mass is 35.5. The van der Waals surface area contributed by atoms with E-state index >= 15 is 0 Å². The standard InChI is InChI=1S/C12H13ClN4O/c1-17(2)12-15-10(14-11(13)16-12)8-4-6-9(18-3)7-5-8/h4-7H,1-3H3. The lowest BCUT2D eigenvalue weighted by atomic mass is 10.2. The number of nitrogens with zero attached hydrogens (tertiary/aromatic N) is 4. The predicted molar refractivity (Wildman–Crippen MR) is 71.2 cm³/mol. The number of hydrogen-bond donors (Lipinski definition) is 0. The average molecular weight is 265 g/mol. The molecule has 0 aliphatic carbocycles. The first kappa shape index (κ1) is 12.6. The molecular weight excluding hydrogens is 252 g/mol. The number of methoxy groups -OCH3 is 1. The lowest BCUT2D eigenvalue weighted by molar-refractivity contribution is 0.415. The van der Waals surface area contributed by atoms with E-state index in [4.69, 9.17) is 16.3 Å². The molecule has 0 saturated carbocycles. The van der Waals surface area contributed by atoms with Crippen LogP contribution in [-0.4, -0.2) is 36.2 Å². The zero-order valence-corrected chi connectivity index (χ0v) is 11.1. The minimum Gasteiger partial charge on any atom is -0.497 e. The number of rotatable bonds is 3. The first-order valence-electron chi connectivity index (χ1n) is 5.33. The molecule has 0 atom stereocenters. The van der Waals surface area contributed by atoms with Crippen molar-refractivity contribution in [2.45, 2.75) is 0 Å². The molecule has 0 aliphatic heterocycles. The van der Waals surface area contributed by atoms with E-state index in [0.717, 1.165) is 11.3 Å². The molecule has 0 saturated heterocycles. The lowest BCUT2D eigenvalue weighted by Gasteiger charge is -2.11. The van der Waals surface area contributed by atoms with E-state index in [0.29, 0.717) is 11.8 Å². The molecule has 6 heteroatoms. The van der Waals surface area contributed by atoms with E-state index in [2.05, 4.69) is 15.0 Å². The van der Waals surface area contributed by atoms with Gasteiger partial charge in [0.05, 0.1) is 7.11 Å². The van der Waals surface area contributed by atoms with Crippen molar-refractivity contribution in [1.29, 1.82) is 0 Å². The van der Waals surface area contributed by atoms with Crippen molar-refractivity contribution in [1.82, 2.24) is 15.0 Å². The Labute approximate surface area is 110 Å². The second-order valence-electron chi connectivity index (χ2n) is 3.85. The molecule has 0 fully saturated rings. The van der Waals surface area contributed by atoms with Crippen molar-refractivity contribution in [3.63, 3.8) is 0 Å². The van der Waals surface area contributed by atoms with Gasteiger partial charge in [0.25, 0.3) is 0 Å². The maximum atomic E-state index is 5.89. The fourth-order valence-electron chi connectivity index (χ4n) is 1.41. The molecule has 0 amide bonds. The summed E-state index contributed by atoms with van der Waals surface area (Å²) in [7, 11) is 5.33. The summed E-state index contributed by atoms with van der Waals surface area (Å²) in [5.41, 5.74) is 0.864. The quantitative estimate of drug-likeness (QED) is 0.851. The topological polar surface area (TPSA) is 51.1 Å². The Hall–Kier alpha value is -1.88. The minimum absolute atomic E-state index is 0.180. The van der Waals surface area contributed by atoms with Gasteiger partial charge < -0.3 is 9.64 Å². The van der Waals surface area contributed by atoms with Crippen LogP contribution in [0.3, 0.4) is 0 Å². The van der Waals surface area contributed by atoms with Gasteiger partial charge in [-0.15, -0.1) is 0 Å². The van der Waals surface area contributed by atoms with Gasteiger partial charge in [-0.1, -0.05) is 0 Å². The Morgan fingerprint density at radius 1 is 1.06 bits per heavy atom. The third-order valence-electron chi connectivity index (χ3n) is 2.34. The van der Waals surface area contributed by atoms with Gasteiger partial charge >= 0.3 is 0 Å². The van der Waals surface area contributed by atoms with Crippen molar-refractivity contribution in [3.8, 4) is 17.1 Å². The van der Waals surface area contributed by atoms with Crippen molar-refractivity contribution in [3.05, 3.63) is 29.5 Å². The molecule has 0 unspecified atom stereocenters. The van der Waals surface area contributed by atoms with E-state index in [9.17, 15) is 0 Å². The van der Waals surface area contributed by atoms with E-state index in [1.807, 2.05) is 38.4 Å². The SMILES string of the molecule is COc1ccc(-c2nc(Cl)nc(N(C)C)n2)cc1. The van der Waals surface area contributed by atoms with Gasteiger partial charge in [-0.25, -0.2) is 0 Å². The Kier molecular flexibility index (Phi) is 3.62. The lowest BCUT2D eigenvalue weighted by Crippen LogP contribution is -2.13. The number of benzene rings is 1. The highest BCUT2D eigenvalue weighted by Gasteiger charge is 2.08. The van der Waals surface area contributed by atoms with E-state index < -0.39 is 0 Å². The summed E-state index contributed by atoms with van der Waals surface area (Å²) in [6.07, 6.45) is 0. The van der Waals surface area contributed by atoms with Crippen LogP contribution >= 0.6 is 11.6 Å². The van der Waals surface area contributed by atoms with Crippen LogP contribution in [0.25, 0.3) is 11.4 Å². The zero-order valence-electron chi connectivity index (χ0n) is 10.4. The van der Waals surface area contributed by atoms with Crippen LogP contribution in [0, 0.1) is 0 Å². The van der Waals surface area contributed by atoms with Crippen LogP contribution in [0.1, 0.15) is 0 Å². The molecule has 2 aromatic rings. The van der Waals surface area contributed by atoms with E-state index in [1.165, 1.54) is 0 Å². The summed E-state index contributed by atoms with van der Waals surface area (Å²) in [5.74, 6) is 1.86. The first-order chi connectivity index (χ1) is 8.60. The van der Waals surface area contributed by atoms with Crippen molar-refractivity contribution < 1.29 is 4.74 Å². The fraction of sp³-hybridized carbons (Fsp3) is 0.250. The summed E-state index contributed by atoms with van der Waals surface area (Å²) in [5, 5.41) is 0.180. The fourth-order valence-corrected chi connectivity index (χ4v) is 1.56. The van der Waals surface area contributed by atoms with Gasteiger partial charge in [-0.05, 0) is 35.9 Å². The summed E-state index contributed by atoms with van der Waals surface area (Å²) in [6, 6.07) is 7.46. The van der Waals surface area contributed by atoms with Gasteiger partial charge in [-0.3, -0.25) is 0 Å². The van der Waals surface area contributed by atoms with Gasteiger partial charge in [0, 0.05) is 19.7 Å². The summed E-state index contributed by atoms with van der Waals surface area (Å²) < 4.78 is 5.10. The van der Waals surface area contributed by atoms with Crippen LogP contribution in [0.15, 0.2) is 24.3 Å². The zero-order chi connectivity index (χ0) is 13.1. The Balaban J connectivity index is 2.42. The van der Waals surface area contributed by atoms with E-state index in [-0.39, 0.29) is 5.28 Å². The highest BCUT2D eigenvalue weighted by Crippen LogP contribution is 2.21. The average Bonchev–Trinajstić information content (AvgIpc) is 2.38. The monoisotopic (exact) mass is 264 g/mol. The Bertz CT molecular complexity index is 542. The highest BCUT2D eigenvalue weighted by molar-refractivity contribution is 6.28. The number of anilines is 1. The third-order valence-corrected chi connectivity index (χ3v) is 2.51. The predicted octanol–water partition coefficient (Wildman–Crippen LogP) is 2.27. The number of aromatic nitrogens is 3. The molecule has 0 bridgehead atoms. The molecule has 1 aromatic carbocycles. The van der Waals surface area contributed by atoms with Crippen LogP contribution in [0.4, 0.5) is 5.95 Å². The molecule has 0 spiro atoms. The summed E-state index contributed by atoms with van der Waals surface area (Å²) >= 11 is 5.89. The van der Waals surface area contributed by atoms with Gasteiger partial charge in [0.2, 0.25) is 11.2 Å². The first-order valence-corrected chi connectivity index (χ1v) is 5.71. The third kappa shape index (κ3) is 2.68. The second-order valence-corrected chi connectivity index (χ2v) is 4.19. The Morgan fingerprint density at radius 2 is 1.72 bits per heavy atom. The molecule has 94 valence electrons. The molecule has 18 heavy (non-hydrogen) atoms. The maximum Gasteiger partial charge on any atom is 0.229 e. The van der Waals surface area contributed by atoms with Crippen LogP contribution in [-0.2, 0) is 0 Å². The van der Waals surface area contributed by atoms with Crippen molar-refractivity contribution in [2.75, 3.05) is 26.1 Å². The minimum atomic E-state index is 0.180. The van der Waals surface area contributed by atoms with Crippen molar-refractivity contribution >= 4 is 17.5 Å². The van der Waals surface area contributed by atoms with Crippen LogP contribution in [0.2, 0.25) is 5.28 Å². The molecule has 1 aromatic heterocycles.